The van der Waals surface area contributed by atoms with Gasteiger partial charge in [0.15, 0.2) is 0 Å². The number of rotatable bonds is 6. The molecule has 1 fully saturated rings. The van der Waals surface area contributed by atoms with Crippen molar-refractivity contribution in [2.24, 2.45) is 5.92 Å². The quantitative estimate of drug-likeness (QED) is 0.717. The molecule has 1 amide bonds. The van der Waals surface area contributed by atoms with Gasteiger partial charge in [-0.3, -0.25) is 14.2 Å². The van der Waals surface area contributed by atoms with Gasteiger partial charge in [0, 0.05) is 0 Å². The predicted octanol–water partition coefficient (Wildman–Crippen LogP) is 2.98. The molecule has 1 heterocycles. The Balaban J connectivity index is 1.56. The molecule has 0 bridgehead atoms. The van der Waals surface area contributed by atoms with Crippen molar-refractivity contribution >= 4 is 16.8 Å². The Morgan fingerprint density at radius 2 is 1.93 bits per heavy atom. The Kier molecular flexibility index (Phi) is 4.86. The molecule has 0 aliphatic heterocycles. The van der Waals surface area contributed by atoms with Gasteiger partial charge < -0.3 is 10.1 Å². The molecule has 28 heavy (non-hydrogen) atoms. The molecule has 6 nitrogen and oxygen atoms in total. The van der Waals surface area contributed by atoms with Crippen molar-refractivity contribution in [2.75, 3.05) is 7.11 Å². The van der Waals surface area contributed by atoms with Gasteiger partial charge in [0.1, 0.15) is 18.1 Å². The topological polar surface area (TPSA) is 73.2 Å². The lowest BCUT2D eigenvalue weighted by atomic mass is 10.0. The highest BCUT2D eigenvalue weighted by Crippen LogP contribution is 2.41. The van der Waals surface area contributed by atoms with Gasteiger partial charge in [0.25, 0.3) is 5.56 Å². The summed E-state index contributed by atoms with van der Waals surface area (Å²) in [6.45, 7) is 1.71. The number of hydrogen-bond acceptors (Lipinski definition) is 4. The van der Waals surface area contributed by atoms with Crippen LogP contribution in [0.1, 0.15) is 30.3 Å². The van der Waals surface area contributed by atoms with E-state index in [1.807, 2.05) is 30.3 Å². The normalized spacial score (nSPS) is 14.6. The molecule has 6 heteroatoms. The fourth-order valence-electron chi connectivity index (χ4n) is 3.54. The Morgan fingerprint density at radius 1 is 1.21 bits per heavy atom. The van der Waals surface area contributed by atoms with E-state index in [1.165, 1.54) is 4.57 Å². The number of methoxy groups -OCH3 is 1. The average molecular weight is 377 g/mol. The first-order valence-electron chi connectivity index (χ1n) is 9.46. The minimum absolute atomic E-state index is 0.0398. The number of benzene rings is 2. The Bertz CT molecular complexity index is 1070. The third-order valence-electron chi connectivity index (χ3n) is 5.24. The van der Waals surface area contributed by atoms with Crippen LogP contribution in [-0.4, -0.2) is 22.6 Å². The summed E-state index contributed by atoms with van der Waals surface area (Å²) in [5.74, 6) is 1.57. The second kappa shape index (κ2) is 7.46. The molecule has 1 aliphatic rings. The Labute approximate surface area is 163 Å². The number of ether oxygens (including phenoxy) is 1. The van der Waals surface area contributed by atoms with Gasteiger partial charge in [-0.2, -0.15) is 0 Å². The SMILES string of the molecule is COc1ccc([C@H](NC(=O)Cn2c(C)nc3ccccc3c2=O)C2CC2)cc1. The molecular formula is C22H23N3O3. The molecule has 1 aliphatic carbocycles. The predicted molar refractivity (Wildman–Crippen MR) is 107 cm³/mol. The first kappa shape index (κ1) is 18.2. The molecule has 0 spiro atoms. The number of nitrogens with zero attached hydrogens (tertiary/aromatic N) is 2. The maximum atomic E-state index is 12.8. The summed E-state index contributed by atoms with van der Waals surface area (Å²) in [4.78, 5) is 30.0. The van der Waals surface area contributed by atoms with Gasteiger partial charge in [-0.1, -0.05) is 24.3 Å². The maximum absolute atomic E-state index is 12.8. The van der Waals surface area contributed by atoms with Gasteiger partial charge in [0.05, 0.1) is 24.1 Å². The summed E-state index contributed by atoms with van der Waals surface area (Å²) in [5, 5.41) is 3.64. The summed E-state index contributed by atoms with van der Waals surface area (Å²) < 4.78 is 6.65. The molecule has 1 N–H and O–H groups in total. The zero-order valence-corrected chi connectivity index (χ0v) is 16.0. The van der Waals surface area contributed by atoms with E-state index in [-0.39, 0.29) is 24.1 Å². The average Bonchev–Trinajstić information content (AvgIpc) is 3.55. The van der Waals surface area contributed by atoms with Crippen LogP contribution in [-0.2, 0) is 11.3 Å². The molecule has 0 radical (unpaired) electrons. The van der Waals surface area contributed by atoms with Gasteiger partial charge in [-0.25, -0.2) is 4.98 Å². The van der Waals surface area contributed by atoms with E-state index in [0.717, 1.165) is 24.2 Å². The van der Waals surface area contributed by atoms with Crippen LogP contribution in [0.15, 0.2) is 53.3 Å². The van der Waals surface area contributed by atoms with E-state index in [9.17, 15) is 9.59 Å². The minimum Gasteiger partial charge on any atom is -0.497 e. The van der Waals surface area contributed by atoms with Crippen molar-refractivity contribution in [3.05, 3.63) is 70.3 Å². The smallest absolute Gasteiger partial charge is 0.261 e. The number of para-hydroxylation sites is 1. The zero-order chi connectivity index (χ0) is 19.7. The molecule has 3 aromatic rings. The third kappa shape index (κ3) is 3.63. The van der Waals surface area contributed by atoms with Gasteiger partial charge in [-0.15, -0.1) is 0 Å². The van der Waals surface area contributed by atoms with Crippen molar-refractivity contribution in [2.45, 2.75) is 32.4 Å². The third-order valence-corrected chi connectivity index (χ3v) is 5.24. The van der Waals surface area contributed by atoms with Gasteiger partial charge >= 0.3 is 0 Å². The van der Waals surface area contributed by atoms with Crippen LogP contribution < -0.4 is 15.6 Å². The van der Waals surface area contributed by atoms with Crippen LogP contribution in [0.2, 0.25) is 0 Å². The van der Waals surface area contributed by atoms with Gasteiger partial charge in [-0.05, 0) is 55.5 Å². The van der Waals surface area contributed by atoms with Crippen LogP contribution in [0.25, 0.3) is 10.9 Å². The number of carbonyl (C=O) groups excluding carboxylic acids is 1. The van der Waals surface area contributed by atoms with Crippen molar-refractivity contribution < 1.29 is 9.53 Å². The summed E-state index contributed by atoms with van der Waals surface area (Å²) in [7, 11) is 1.63. The summed E-state index contributed by atoms with van der Waals surface area (Å²) in [6, 6.07) is 14.9. The van der Waals surface area contributed by atoms with Crippen LogP contribution in [0, 0.1) is 12.8 Å². The summed E-state index contributed by atoms with van der Waals surface area (Å²) in [5.41, 5.74) is 1.51. The van der Waals surface area contributed by atoms with Crippen molar-refractivity contribution in [3.63, 3.8) is 0 Å². The highest BCUT2D eigenvalue weighted by Gasteiger charge is 2.33. The molecule has 4 rings (SSSR count). The first-order valence-corrected chi connectivity index (χ1v) is 9.46. The van der Waals surface area contributed by atoms with Crippen molar-refractivity contribution in [3.8, 4) is 5.75 Å². The molecule has 1 aromatic heterocycles. The van der Waals surface area contributed by atoms with Crippen LogP contribution in [0.4, 0.5) is 0 Å². The Hall–Kier alpha value is -3.15. The summed E-state index contributed by atoms with van der Waals surface area (Å²) >= 11 is 0. The van der Waals surface area contributed by atoms with E-state index in [1.54, 1.807) is 32.2 Å². The monoisotopic (exact) mass is 377 g/mol. The fourth-order valence-corrected chi connectivity index (χ4v) is 3.54. The van der Waals surface area contributed by atoms with Crippen molar-refractivity contribution in [1.82, 2.24) is 14.9 Å². The number of aryl methyl sites for hydroxylation is 1. The standard InChI is InChI=1S/C22H23N3O3/c1-14-23-19-6-4-3-5-18(19)22(27)25(14)13-20(26)24-21(15-7-8-15)16-9-11-17(28-2)12-10-16/h3-6,9-12,15,21H,7-8,13H2,1-2H3,(H,24,26)/t21-/m1/s1. The Morgan fingerprint density at radius 3 is 2.61 bits per heavy atom. The van der Waals surface area contributed by atoms with Crippen LogP contribution in [0.3, 0.4) is 0 Å². The number of fused-ring (bicyclic) bond motifs is 1. The lowest BCUT2D eigenvalue weighted by Crippen LogP contribution is -2.36. The molecular weight excluding hydrogens is 354 g/mol. The lowest BCUT2D eigenvalue weighted by molar-refractivity contribution is -0.122. The number of aromatic nitrogens is 2. The molecule has 0 unspecified atom stereocenters. The number of hydrogen-bond donors (Lipinski definition) is 1. The zero-order valence-electron chi connectivity index (χ0n) is 16.0. The van der Waals surface area contributed by atoms with Crippen LogP contribution >= 0.6 is 0 Å². The lowest BCUT2D eigenvalue weighted by Gasteiger charge is -2.20. The van der Waals surface area contributed by atoms with Gasteiger partial charge in [0.2, 0.25) is 5.91 Å². The molecule has 2 aromatic carbocycles. The molecule has 0 saturated heterocycles. The molecule has 1 atom stereocenters. The summed E-state index contributed by atoms with van der Waals surface area (Å²) in [6.07, 6.45) is 2.18. The van der Waals surface area contributed by atoms with E-state index >= 15 is 0 Å². The highest BCUT2D eigenvalue weighted by atomic mass is 16.5. The number of amides is 1. The van der Waals surface area contributed by atoms with Crippen molar-refractivity contribution in [1.29, 1.82) is 0 Å². The van der Waals surface area contributed by atoms with E-state index in [0.29, 0.717) is 22.6 Å². The van der Waals surface area contributed by atoms with E-state index in [2.05, 4.69) is 10.3 Å². The second-order valence-electron chi connectivity index (χ2n) is 7.22. The minimum atomic E-state index is -0.189. The second-order valence-corrected chi connectivity index (χ2v) is 7.22. The number of nitrogens with one attached hydrogen (secondary N) is 1. The molecule has 1 saturated carbocycles. The van der Waals surface area contributed by atoms with E-state index in [4.69, 9.17) is 4.74 Å². The van der Waals surface area contributed by atoms with Crippen LogP contribution in [0.5, 0.6) is 5.75 Å². The first-order chi connectivity index (χ1) is 13.6. The van der Waals surface area contributed by atoms with E-state index < -0.39 is 0 Å². The molecule has 144 valence electrons. The highest BCUT2D eigenvalue weighted by molar-refractivity contribution is 5.79. The maximum Gasteiger partial charge on any atom is 0.261 e. The largest absolute Gasteiger partial charge is 0.497 e. The number of carbonyl (C=O) groups is 1. The fraction of sp³-hybridized carbons (Fsp3) is 0.318.